The molecule has 0 saturated heterocycles. The highest BCUT2D eigenvalue weighted by Gasteiger charge is 2.12. The van der Waals surface area contributed by atoms with Gasteiger partial charge in [0.2, 0.25) is 6.43 Å². The van der Waals surface area contributed by atoms with Crippen molar-refractivity contribution in [2.24, 2.45) is 0 Å². The number of nitrogens with one attached hydrogen (secondary N) is 1. The first kappa shape index (κ1) is 11.4. The number of thiazole rings is 1. The summed E-state index contributed by atoms with van der Waals surface area (Å²) in [5.41, 5.74) is 0.960. The van der Waals surface area contributed by atoms with Gasteiger partial charge in [-0.1, -0.05) is 0 Å². The maximum atomic E-state index is 12.0. The fraction of sp³-hybridized carbons (Fsp3) is 0.667. The van der Waals surface area contributed by atoms with Crippen LogP contribution in [-0.2, 0) is 0 Å². The minimum atomic E-state index is -2.26. The first-order valence-corrected chi connectivity index (χ1v) is 5.29. The van der Waals surface area contributed by atoms with Gasteiger partial charge in [-0.3, -0.25) is 0 Å². The van der Waals surface area contributed by atoms with E-state index in [9.17, 15) is 8.78 Å². The molecule has 5 heteroatoms. The van der Waals surface area contributed by atoms with Crippen LogP contribution in [0.15, 0.2) is 0 Å². The van der Waals surface area contributed by atoms with Crippen LogP contribution in [0.25, 0.3) is 0 Å². The Balaban J connectivity index is 2.51. The second-order valence-electron chi connectivity index (χ2n) is 3.33. The Bertz CT molecular complexity index is 280. The molecular weight excluding hydrogens is 206 g/mol. The summed E-state index contributed by atoms with van der Waals surface area (Å²) in [4.78, 5) is 5.34. The number of aromatic nitrogens is 1. The van der Waals surface area contributed by atoms with Gasteiger partial charge in [0.1, 0.15) is 0 Å². The average Bonchev–Trinajstić information content (AvgIpc) is 2.28. The number of hydrogen-bond acceptors (Lipinski definition) is 3. The van der Waals surface area contributed by atoms with Crippen LogP contribution < -0.4 is 5.32 Å². The molecule has 1 aromatic rings. The third kappa shape index (κ3) is 3.21. The number of aryl methyl sites for hydroxylation is 2. The highest BCUT2D eigenvalue weighted by atomic mass is 32.1. The second kappa shape index (κ2) is 4.68. The van der Waals surface area contributed by atoms with Crippen molar-refractivity contribution < 1.29 is 8.78 Å². The van der Waals surface area contributed by atoms with Crippen molar-refractivity contribution >= 4 is 16.5 Å². The van der Waals surface area contributed by atoms with Crippen LogP contribution in [0.4, 0.5) is 13.9 Å². The van der Waals surface area contributed by atoms with E-state index in [0.29, 0.717) is 0 Å². The first-order valence-electron chi connectivity index (χ1n) is 4.47. The molecule has 1 heterocycles. The third-order valence-electron chi connectivity index (χ3n) is 1.93. The summed E-state index contributed by atoms with van der Waals surface area (Å²) >= 11 is 1.50. The van der Waals surface area contributed by atoms with Gasteiger partial charge in [-0.15, -0.1) is 11.3 Å². The van der Waals surface area contributed by atoms with Gasteiger partial charge in [-0.2, -0.15) is 0 Å². The molecule has 0 radical (unpaired) electrons. The maximum Gasteiger partial charge on any atom is 0.240 e. The van der Waals surface area contributed by atoms with E-state index in [4.69, 9.17) is 0 Å². The molecule has 2 nitrogen and oxygen atoms in total. The second-order valence-corrected chi connectivity index (χ2v) is 4.54. The third-order valence-corrected chi connectivity index (χ3v) is 2.93. The van der Waals surface area contributed by atoms with Crippen LogP contribution in [0, 0.1) is 13.8 Å². The van der Waals surface area contributed by atoms with E-state index in [-0.39, 0.29) is 12.5 Å². The number of halogens is 2. The summed E-state index contributed by atoms with van der Waals surface area (Å²) in [5.74, 6) is 0. The Morgan fingerprint density at radius 2 is 2.07 bits per heavy atom. The van der Waals surface area contributed by atoms with Crippen molar-refractivity contribution in [2.45, 2.75) is 39.7 Å². The minimum absolute atomic E-state index is 0.141. The Kier molecular flexibility index (Phi) is 3.80. The van der Waals surface area contributed by atoms with E-state index in [1.165, 1.54) is 11.3 Å². The summed E-state index contributed by atoms with van der Waals surface area (Å²) in [5, 5.41) is 3.69. The molecule has 1 unspecified atom stereocenters. The minimum Gasteiger partial charge on any atom is -0.359 e. The lowest BCUT2D eigenvalue weighted by Gasteiger charge is -2.11. The SMILES string of the molecule is Cc1nc(NC(C)CC(F)F)sc1C. The lowest BCUT2D eigenvalue weighted by molar-refractivity contribution is 0.133. The zero-order valence-electron chi connectivity index (χ0n) is 8.47. The van der Waals surface area contributed by atoms with Gasteiger partial charge in [0.05, 0.1) is 5.69 Å². The van der Waals surface area contributed by atoms with Gasteiger partial charge in [0.25, 0.3) is 0 Å². The molecule has 1 atom stereocenters. The first-order chi connectivity index (χ1) is 6.49. The smallest absolute Gasteiger partial charge is 0.240 e. The van der Waals surface area contributed by atoms with E-state index < -0.39 is 6.43 Å². The van der Waals surface area contributed by atoms with Crippen molar-refractivity contribution in [3.05, 3.63) is 10.6 Å². The molecule has 0 saturated carbocycles. The molecule has 0 aliphatic carbocycles. The van der Waals surface area contributed by atoms with E-state index >= 15 is 0 Å². The van der Waals surface area contributed by atoms with E-state index in [2.05, 4.69) is 10.3 Å². The zero-order chi connectivity index (χ0) is 10.7. The van der Waals surface area contributed by atoms with E-state index in [0.717, 1.165) is 15.7 Å². The van der Waals surface area contributed by atoms with Crippen LogP contribution >= 0.6 is 11.3 Å². The van der Waals surface area contributed by atoms with Crippen LogP contribution in [0.5, 0.6) is 0 Å². The number of nitrogens with zero attached hydrogens (tertiary/aromatic N) is 1. The Hall–Kier alpha value is -0.710. The Morgan fingerprint density at radius 1 is 1.43 bits per heavy atom. The summed E-state index contributed by atoms with van der Waals surface area (Å²) < 4.78 is 24.0. The normalized spacial score (nSPS) is 13.3. The Labute approximate surface area is 86.4 Å². The number of hydrogen-bond donors (Lipinski definition) is 1. The number of rotatable bonds is 4. The van der Waals surface area contributed by atoms with Gasteiger partial charge in [-0.25, -0.2) is 13.8 Å². The molecular formula is C9H14F2N2S. The van der Waals surface area contributed by atoms with E-state index in [1.54, 1.807) is 6.92 Å². The van der Waals surface area contributed by atoms with Crippen molar-refractivity contribution in [1.82, 2.24) is 4.98 Å². The average molecular weight is 220 g/mol. The lowest BCUT2D eigenvalue weighted by Crippen LogP contribution is -2.18. The molecule has 0 aromatic carbocycles. The largest absolute Gasteiger partial charge is 0.359 e. The number of anilines is 1. The molecule has 0 bridgehead atoms. The van der Waals surface area contributed by atoms with Crippen molar-refractivity contribution in [1.29, 1.82) is 0 Å². The molecule has 0 fully saturated rings. The quantitative estimate of drug-likeness (QED) is 0.842. The zero-order valence-corrected chi connectivity index (χ0v) is 9.29. The monoisotopic (exact) mass is 220 g/mol. The highest BCUT2D eigenvalue weighted by Crippen LogP contribution is 2.22. The molecule has 0 amide bonds. The van der Waals surface area contributed by atoms with Gasteiger partial charge < -0.3 is 5.32 Å². The molecule has 0 aliphatic heterocycles. The topological polar surface area (TPSA) is 24.9 Å². The summed E-state index contributed by atoms with van der Waals surface area (Å²) in [7, 11) is 0. The van der Waals surface area contributed by atoms with Crippen molar-refractivity contribution in [2.75, 3.05) is 5.32 Å². The molecule has 1 aromatic heterocycles. The van der Waals surface area contributed by atoms with Crippen molar-refractivity contribution in [3.63, 3.8) is 0 Å². The Morgan fingerprint density at radius 3 is 2.50 bits per heavy atom. The standard InChI is InChI=1S/C9H14F2N2S/c1-5(4-8(10)11)12-9-13-6(2)7(3)14-9/h5,8H,4H2,1-3H3,(H,12,13). The molecule has 1 N–H and O–H groups in total. The van der Waals surface area contributed by atoms with Crippen LogP contribution in [0.3, 0.4) is 0 Å². The summed E-state index contributed by atoms with van der Waals surface area (Å²) in [6.07, 6.45) is -2.41. The maximum absolute atomic E-state index is 12.0. The molecule has 0 spiro atoms. The molecule has 0 aliphatic rings. The van der Waals surface area contributed by atoms with Gasteiger partial charge >= 0.3 is 0 Å². The van der Waals surface area contributed by atoms with Crippen molar-refractivity contribution in [3.8, 4) is 0 Å². The predicted octanol–water partition coefficient (Wildman–Crippen LogP) is 3.22. The van der Waals surface area contributed by atoms with Crippen LogP contribution in [0.2, 0.25) is 0 Å². The van der Waals surface area contributed by atoms with Gasteiger partial charge in [0, 0.05) is 17.3 Å². The number of alkyl halides is 2. The van der Waals surface area contributed by atoms with Crippen LogP contribution in [0.1, 0.15) is 23.9 Å². The fourth-order valence-corrected chi connectivity index (χ4v) is 2.00. The van der Waals surface area contributed by atoms with Gasteiger partial charge in [-0.05, 0) is 20.8 Å². The fourth-order valence-electron chi connectivity index (χ4n) is 1.07. The molecule has 14 heavy (non-hydrogen) atoms. The molecule has 1 rings (SSSR count). The molecule has 80 valence electrons. The van der Waals surface area contributed by atoms with Gasteiger partial charge in [0.15, 0.2) is 5.13 Å². The van der Waals surface area contributed by atoms with Crippen LogP contribution in [-0.4, -0.2) is 17.5 Å². The summed E-state index contributed by atoms with van der Waals surface area (Å²) in [6, 6.07) is -0.236. The van der Waals surface area contributed by atoms with E-state index in [1.807, 2.05) is 13.8 Å². The highest BCUT2D eigenvalue weighted by molar-refractivity contribution is 7.15. The summed E-state index contributed by atoms with van der Waals surface area (Å²) in [6.45, 7) is 5.61. The predicted molar refractivity (Wildman–Crippen MR) is 55.3 cm³/mol. The lowest BCUT2D eigenvalue weighted by atomic mass is 10.2.